The first-order chi connectivity index (χ1) is 8.58. The van der Waals surface area contributed by atoms with Crippen molar-refractivity contribution < 1.29 is 14.5 Å². The van der Waals surface area contributed by atoms with Crippen molar-refractivity contribution in [3.05, 3.63) is 40.2 Å². The molecule has 0 aliphatic carbocycles. The largest absolute Gasteiger partial charge is 0.487 e. The highest BCUT2D eigenvalue weighted by atomic mass is 35.5. The Morgan fingerprint density at radius 3 is 2.83 bits per heavy atom. The first kappa shape index (κ1) is 12.9. The van der Waals surface area contributed by atoms with E-state index in [1.54, 1.807) is 32.0 Å². The molecule has 1 heterocycles. The van der Waals surface area contributed by atoms with Gasteiger partial charge in [-0.1, -0.05) is 21.9 Å². The normalized spacial score (nSPS) is 12.4. The SMILES string of the molecule is Cc1nonc1COc1ccc(Cl)cc1C(C)O. The zero-order chi connectivity index (χ0) is 13.1. The summed E-state index contributed by atoms with van der Waals surface area (Å²) in [7, 11) is 0. The van der Waals surface area contributed by atoms with Gasteiger partial charge in [0, 0.05) is 10.6 Å². The molecular formula is C12H13ClN2O3. The number of benzene rings is 1. The first-order valence-electron chi connectivity index (χ1n) is 5.46. The van der Waals surface area contributed by atoms with Crippen LogP contribution in [0.5, 0.6) is 5.75 Å². The topological polar surface area (TPSA) is 68.4 Å². The second-order valence-corrected chi connectivity index (χ2v) is 4.38. The van der Waals surface area contributed by atoms with E-state index in [1.807, 2.05) is 0 Å². The summed E-state index contributed by atoms with van der Waals surface area (Å²) >= 11 is 5.88. The van der Waals surface area contributed by atoms with Crippen LogP contribution in [0.15, 0.2) is 22.8 Å². The lowest BCUT2D eigenvalue weighted by Crippen LogP contribution is -2.02. The molecule has 6 heteroatoms. The minimum Gasteiger partial charge on any atom is -0.487 e. The number of halogens is 1. The minimum absolute atomic E-state index is 0.233. The van der Waals surface area contributed by atoms with Crippen molar-refractivity contribution in [2.75, 3.05) is 0 Å². The van der Waals surface area contributed by atoms with Crippen molar-refractivity contribution in [1.82, 2.24) is 10.3 Å². The molecule has 1 unspecified atom stereocenters. The maximum Gasteiger partial charge on any atom is 0.145 e. The van der Waals surface area contributed by atoms with Crippen LogP contribution < -0.4 is 4.74 Å². The third-order valence-corrected chi connectivity index (χ3v) is 2.77. The van der Waals surface area contributed by atoms with Crippen LogP contribution in [0.2, 0.25) is 5.02 Å². The van der Waals surface area contributed by atoms with Gasteiger partial charge in [0.2, 0.25) is 0 Å². The van der Waals surface area contributed by atoms with Gasteiger partial charge >= 0.3 is 0 Å². The monoisotopic (exact) mass is 268 g/mol. The molecule has 0 saturated carbocycles. The highest BCUT2D eigenvalue weighted by Crippen LogP contribution is 2.28. The van der Waals surface area contributed by atoms with Crippen LogP contribution in [0.1, 0.15) is 30.0 Å². The van der Waals surface area contributed by atoms with Crippen LogP contribution in [0, 0.1) is 6.92 Å². The fourth-order valence-corrected chi connectivity index (χ4v) is 1.68. The minimum atomic E-state index is -0.657. The molecule has 0 aliphatic heterocycles. The summed E-state index contributed by atoms with van der Waals surface area (Å²) in [6, 6.07) is 5.10. The fraction of sp³-hybridized carbons (Fsp3) is 0.333. The van der Waals surface area contributed by atoms with Gasteiger partial charge in [0.15, 0.2) is 0 Å². The van der Waals surface area contributed by atoms with Gasteiger partial charge in [-0.15, -0.1) is 0 Å². The van der Waals surface area contributed by atoms with E-state index in [4.69, 9.17) is 16.3 Å². The summed E-state index contributed by atoms with van der Waals surface area (Å²) in [5.41, 5.74) is 1.95. The van der Waals surface area contributed by atoms with Crippen LogP contribution in [0.3, 0.4) is 0 Å². The molecule has 0 aliphatic rings. The van der Waals surface area contributed by atoms with E-state index in [2.05, 4.69) is 14.9 Å². The Labute approximate surface area is 109 Å². The van der Waals surface area contributed by atoms with Gasteiger partial charge in [-0.3, -0.25) is 0 Å². The summed E-state index contributed by atoms with van der Waals surface area (Å²) in [6.45, 7) is 3.67. The van der Waals surface area contributed by atoms with Gasteiger partial charge in [-0.2, -0.15) is 0 Å². The number of aliphatic hydroxyl groups is 1. The molecule has 5 nitrogen and oxygen atoms in total. The number of nitrogens with zero attached hydrogens (tertiary/aromatic N) is 2. The molecule has 1 atom stereocenters. The molecule has 18 heavy (non-hydrogen) atoms. The molecule has 0 radical (unpaired) electrons. The van der Waals surface area contributed by atoms with Gasteiger partial charge in [0.1, 0.15) is 23.7 Å². The Bertz CT molecular complexity index is 540. The van der Waals surface area contributed by atoms with Gasteiger partial charge < -0.3 is 9.84 Å². The predicted octanol–water partition coefficient (Wildman–Crippen LogP) is 2.66. The number of hydrogen-bond acceptors (Lipinski definition) is 5. The lowest BCUT2D eigenvalue weighted by molar-refractivity contribution is 0.189. The number of rotatable bonds is 4. The van der Waals surface area contributed by atoms with Crippen LogP contribution in [-0.4, -0.2) is 15.4 Å². The Kier molecular flexibility index (Phi) is 3.84. The van der Waals surface area contributed by atoms with E-state index in [0.29, 0.717) is 27.7 Å². The van der Waals surface area contributed by atoms with Crippen LogP contribution >= 0.6 is 11.6 Å². The van der Waals surface area contributed by atoms with Crippen molar-refractivity contribution in [1.29, 1.82) is 0 Å². The maximum absolute atomic E-state index is 9.66. The van der Waals surface area contributed by atoms with Crippen LogP contribution in [0.25, 0.3) is 0 Å². The van der Waals surface area contributed by atoms with E-state index in [-0.39, 0.29) is 6.61 Å². The van der Waals surface area contributed by atoms with E-state index in [0.717, 1.165) is 0 Å². The summed E-state index contributed by atoms with van der Waals surface area (Å²) in [6.07, 6.45) is -0.657. The van der Waals surface area contributed by atoms with Crippen molar-refractivity contribution in [3.8, 4) is 5.75 Å². The highest BCUT2D eigenvalue weighted by Gasteiger charge is 2.12. The number of aliphatic hydroxyl groups excluding tert-OH is 1. The zero-order valence-electron chi connectivity index (χ0n) is 10.1. The molecule has 2 rings (SSSR count). The van der Waals surface area contributed by atoms with Gasteiger partial charge in [-0.25, -0.2) is 4.63 Å². The summed E-state index contributed by atoms with van der Waals surface area (Å²) in [4.78, 5) is 0. The van der Waals surface area contributed by atoms with Crippen molar-refractivity contribution in [2.24, 2.45) is 0 Å². The molecule has 1 aromatic carbocycles. The zero-order valence-corrected chi connectivity index (χ0v) is 10.8. The second-order valence-electron chi connectivity index (χ2n) is 3.94. The van der Waals surface area contributed by atoms with Gasteiger partial charge in [-0.05, 0) is 32.0 Å². The Morgan fingerprint density at radius 1 is 1.44 bits per heavy atom. The molecule has 0 spiro atoms. The second kappa shape index (κ2) is 5.37. The number of aromatic nitrogens is 2. The quantitative estimate of drug-likeness (QED) is 0.923. The smallest absolute Gasteiger partial charge is 0.145 e. The van der Waals surface area contributed by atoms with E-state index >= 15 is 0 Å². The lowest BCUT2D eigenvalue weighted by atomic mass is 10.1. The molecule has 96 valence electrons. The first-order valence-corrected chi connectivity index (χ1v) is 5.84. The van der Waals surface area contributed by atoms with E-state index in [1.165, 1.54) is 0 Å². The van der Waals surface area contributed by atoms with Crippen molar-refractivity contribution in [3.63, 3.8) is 0 Å². The third-order valence-electron chi connectivity index (χ3n) is 2.53. The molecular weight excluding hydrogens is 256 g/mol. The predicted molar refractivity (Wildman–Crippen MR) is 65.5 cm³/mol. The van der Waals surface area contributed by atoms with Crippen molar-refractivity contribution >= 4 is 11.6 Å². The number of hydrogen-bond donors (Lipinski definition) is 1. The average molecular weight is 269 g/mol. The lowest BCUT2D eigenvalue weighted by Gasteiger charge is -2.13. The Hall–Kier alpha value is -1.59. The summed E-state index contributed by atoms with van der Waals surface area (Å²) < 4.78 is 10.2. The van der Waals surface area contributed by atoms with Crippen molar-refractivity contribution in [2.45, 2.75) is 26.6 Å². The molecule has 2 aromatic rings. The summed E-state index contributed by atoms with van der Waals surface area (Å²) in [5, 5.41) is 17.6. The number of ether oxygens (including phenoxy) is 1. The highest BCUT2D eigenvalue weighted by molar-refractivity contribution is 6.30. The summed E-state index contributed by atoms with van der Waals surface area (Å²) in [5.74, 6) is 0.566. The van der Waals surface area contributed by atoms with Gasteiger partial charge in [0.25, 0.3) is 0 Å². The molecule has 0 saturated heterocycles. The molecule has 0 fully saturated rings. The van der Waals surface area contributed by atoms with Crippen LogP contribution in [-0.2, 0) is 6.61 Å². The van der Waals surface area contributed by atoms with Gasteiger partial charge in [0.05, 0.1) is 6.10 Å². The van der Waals surface area contributed by atoms with Crippen LogP contribution in [0.4, 0.5) is 0 Å². The molecule has 0 bridgehead atoms. The van der Waals surface area contributed by atoms with E-state index < -0.39 is 6.10 Å². The van der Waals surface area contributed by atoms with E-state index in [9.17, 15) is 5.11 Å². The number of aryl methyl sites for hydroxylation is 1. The Morgan fingerprint density at radius 2 is 2.22 bits per heavy atom. The standard InChI is InChI=1S/C12H13ClN2O3/c1-7-11(15-18-14-7)6-17-12-4-3-9(13)5-10(12)8(2)16/h3-5,8,16H,6H2,1-2H3. The Balaban J connectivity index is 2.16. The average Bonchev–Trinajstić information content (AvgIpc) is 2.73. The molecule has 0 amide bonds. The molecule has 1 aromatic heterocycles. The fourth-order valence-electron chi connectivity index (χ4n) is 1.50. The maximum atomic E-state index is 9.66. The molecule has 1 N–H and O–H groups in total. The third kappa shape index (κ3) is 2.80.